The molecule has 1 N–H and O–H groups in total. The molecular weight excluding hydrogens is 369 g/mol. The fourth-order valence-corrected chi connectivity index (χ4v) is 4.73. The van der Waals surface area contributed by atoms with Crippen molar-refractivity contribution >= 4 is 38.7 Å². The van der Waals surface area contributed by atoms with E-state index in [9.17, 15) is 4.39 Å². The summed E-state index contributed by atoms with van der Waals surface area (Å²) in [5.41, 5.74) is 5.36. The van der Waals surface area contributed by atoms with E-state index in [1.807, 2.05) is 18.2 Å². The summed E-state index contributed by atoms with van der Waals surface area (Å²) >= 11 is 1.70. The lowest BCUT2D eigenvalue weighted by atomic mass is 10.1. The van der Waals surface area contributed by atoms with Gasteiger partial charge >= 0.3 is 0 Å². The SMILES string of the molecule is Fc1ccc(-n2c[n+]3ccc4c5ccccc5[nH]c4c3c2-c2cccs2)cc1. The van der Waals surface area contributed by atoms with Crippen LogP contribution in [-0.2, 0) is 0 Å². The third-order valence-electron chi connectivity index (χ3n) is 5.21. The minimum atomic E-state index is -0.233. The minimum Gasteiger partial charge on any atom is -0.351 e. The van der Waals surface area contributed by atoms with Crippen LogP contribution >= 0.6 is 11.3 Å². The summed E-state index contributed by atoms with van der Waals surface area (Å²) in [4.78, 5) is 4.77. The maximum Gasteiger partial charge on any atom is 0.254 e. The number of aromatic amines is 1. The average Bonchev–Trinajstić information content (AvgIpc) is 3.44. The minimum absolute atomic E-state index is 0.233. The van der Waals surface area contributed by atoms with Gasteiger partial charge in [-0.25, -0.2) is 4.39 Å². The molecule has 0 radical (unpaired) electrons. The van der Waals surface area contributed by atoms with Crippen molar-refractivity contribution in [2.45, 2.75) is 0 Å². The largest absolute Gasteiger partial charge is 0.351 e. The lowest BCUT2D eigenvalue weighted by Gasteiger charge is -2.00. The molecule has 6 aromatic rings. The summed E-state index contributed by atoms with van der Waals surface area (Å²) < 4.78 is 17.8. The van der Waals surface area contributed by atoms with Crippen LogP contribution < -0.4 is 4.40 Å². The van der Waals surface area contributed by atoms with E-state index < -0.39 is 0 Å². The summed E-state index contributed by atoms with van der Waals surface area (Å²) in [6.45, 7) is 0. The van der Waals surface area contributed by atoms with E-state index in [-0.39, 0.29) is 5.82 Å². The second-order valence-corrected chi connectivity index (χ2v) is 7.77. The van der Waals surface area contributed by atoms with Crippen LogP contribution in [0.25, 0.3) is 43.6 Å². The van der Waals surface area contributed by atoms with E-state index in [1.54, 1.807) is 11.3 Å². The Morgan fingerprint density at radius 3 is 2.57 bits per heavy atom. The van der Waals surface area contributed by atoms with E-state index in [0.29, 0.717) is 0 Å². The van der Waals surface area contributed by atoms with Gasteiger partial charge in [0, 0.05) is 16.3 Å². The van der Waals surface area contributed by atoms with Crippen LogP contribution in [-0.4, -0.2) is 9.55 Å². The molecule has 0 bridgehead atoms. The lowest BCUT2D eigenvalue weighted by Crippen LogP contribution is -2.17. The molecule has 2 aromatic carbocycles. The maximum absolute atomic E-state index is 13.5. The van der Waals surface area contributed by atoms with Crippen LogP contribution in [0.15, 0.2) is 84.6 Å². The highest BCUT2D eigenvalue weighted by atomic mass is 32.1. The number of rotatable bonds is 2. The second-order valence-electron chi connectivity index (χ2n) is 6.82. The summed E-state index contributed by atoms with van der Waals surface area (Å²) in [6, 6.07) is 21.3. The van der Waals surface area contributed by atoms with E-state index in [2.05, 4.69) is 68.3 Å². The van der Waals surface area contributed by atoms with Gasteiger partial charge in [-0.1, -0.05) is 24.3 Å². The Kier molecular flexibility index (Phi) is 3.22. The first-order valence-corrected chi connectivity index (χ1v) is 9.93. The number of nitrogens with one attached hydrogen (secondary N) is 1. The van der Waals surface area contributed by atoms with Crippen molar-refractivity contribution in [3.8, 4) is 16.3 Å². The molecule has 4 aromatic heterocycles. The van der Waals surface area contributed by atoms with Gasteiger partial charge in [-0.15, -0.1) is 11.3 Å². The molecule has 0 atom stereocenters. The lowest BCUT2D eigenvalue weighted by molar-refractivity contribution is -0.510. The van der Waals surface area contributed by atoms with Gasteiger partial charge in [-0.2, -0.15) is 8.97 Å². The molecule has 134 valence electrons. The molecule has 0 aliphatic carbocycles. The smallest absolute Gasteiger partial charge is 0.254 e. The fourth-order valence-electron chi connectivity index (χ4n) is 3.96. The number of benzene rings is 2. The zero-order valence-corrected chi connectivity index (χ0v) is 15.6. The number of thiophene rings is 1. The van der Waals surface area contributed by atoms with Crippen molar-refractivity contribution in [2.75, 3.05) is 0 Å². The molecule has 0 amide bonds. The molecule has 0 spiro atoms. The number of aromatic nitrogens is 3. The summed E-state index contributed by atoms with van der Waals surface area (Å²) in [5.74, 6) is -0.233. The van der Waals surface area contributed by atoms with Crippen molar-refractivity contribution in [1.29, 1.82) is 0 Å². The Labute approximate surface area is 163 Å². The zero-order chi connectivity index (χ0) is 18.7. The van der Waals surface area contributed by atoms with E-state index >= 15 is 0 Å². The molecule has 0 unspecified atom stereocenters. The molecule has 28 heavy (non-hydrogen) atoms. The molecule has 0 fully saturated rings. The van der Waals surface area contributed by atoms with Gasteiger partial charge in [0.1, 0.15) is 11.5 Å². The predicted octanol–water partition coefficient (Wildman–Crippen LogP) is 5.72. The molecule has 6 rings (SSSR count). The zero-order valence-electron chi connectivity index (χ0n) is 14.8. The van der Waals surface area contributed by atoms with Crippen LogP contribution in [0.1, 0.15) is 0 Å². The van der Waals surface area contributed by atoms with Gasteiger partial charge in [-0.05, 0) is 47.8 Å². The number of hydrogen-bond acceptors (Lipinski definition) is 1. The number of para-hydroxylation sites is 1. The molecule has 0 saturated heterocycles. The summed E-state index contributed by atoms with van der Waals surface area (Å²) in [5, 5.41) is 4.50. The quantitative estimate of drug-likeness (QED) is 0.370. The van der Waals surface area contributed by atoms with E-state index in [1.165, 1.54) is 22.9 Å². The summed E-state index contributed by atoms with van der Waals surface area (Å²) in [6.07, 6.45) is 4.15. The number of nitrogens with zero attached hydrogens (tertiary/aromatic N) is 2. The number of hydrogen-bond donors (Lipinski definition) is 1. The van der Waals surface area contributed by atoms with Crippen LogP contribution in [0.5, 0.6) is 0 Å². The Morgan fingerprint density at radius 1 is 0.893 bits per heavy atom. The predicted molar refractivity (Wildman–Crippen MR) is 112 cm³/mol. The van der Waals surface area contributed by atoms with Crippen LogP contribution in [0, 0.1) is 5.82 Å². The second kappa shape index (κ2) is 5.78. The first-order chi connectivity index (χ1) is 13.8. The van der Waals surface area contributed by atoms with Gasteiger partial charge < -0.3 is 4.98 Å². The Morgan fingerprint density at radius 2 is 1.75 bits per heavy atom. The number of halogens is 1. The van der Waals surface area contributed by atoms with Crippen molar-refractivity contribution in [1.82, 2.24) is 9.55 Å². The van der Waals surface area contributed by atoms with Crippen LogP contribution in [0.4, 0.5) is 4.39 Å². The third kappa shape index (κ3) is 2.17. The van der Waals surface area contributed by atoms with Gasteiger partial charge in [0.05, 0.1) is 16.6 Å². The molecule has 3 nitrogen and oxygen atoms in total. The standard InChI is InChI=1S/C23H15FN3S/c24-15-7-9-16(10-8-15)27-14-26-12-11-18-17-4-1-2-5-19(17)25-21(18)23(26)22(27)20-6-3-13-28-20/h1-14,25H/q+1. The molecule has 0 aliphatic heterocycles. The number of fused-ring (bicyclic) bond motifs is 5. The average molecular weight is 384 g/mol. The molecular formula is C23H15FN3S+. The van der Waals surface area contributed by atoms with Crippen LogP contribution in [0.2, 0.25) is 0 Å². The van der Waals surface area contributed by atoms with Crippen LogP contribution in [0.3, 0.4) is 0 Å². The first-order valence-electron chi connectivity index (χ1n) is 9.05. The number of pyridine rings is 1. The molecule has 4 heterocycles. The van der Waals surface area contributed by atoms with Gasteiger partial charge in [0.2, 0.25) is 5.52 Å². The highest BCUT2D eigenvalue weighted by Crippen LogP contribution is 2.35. The first kappa shape index (κ1) is 15.6. The van der Waals surface area contributed by atoms with Gasteiger partial charge in [0.15, 0.2) is 5.69 Å². The molecule has 5 heteroatoms. The normalized spacial score (nSPS) is 11.8. The number of H-pyrrole nitrogens is 1. The van der Waals surface area contributed by atoms with Crippen molar-refractivity contribution in [3.05, 3.63) is 90.5 Å². The maximum atomic E-state index is 13.5. The van der Waals surface area contributed by atoms with Gasteiger partial charge in [0.25, 0.3) is 6.33 Å². The van der Waals surface area contributed by atoms with Crippen molar-refractivity contribution in [3.63, 3.8) is 0 Å². The molecule has 0 aliphatic rings. The Balaban J connectivity index is 1.79. The Bertz CT molecular complexity index is 1460. The Hall–Kier alpha value is -3.44. The molecule has 0 saturated carbocycles. The van der Waals surface area contributed by atoms with E-state index in [4.69, 9.17) is 0 Å². The third-order valence-corrected chi connectivity index (χ3v) is 6.08. The van der Waals surface area contributed by atoms with Gasteiger partial charge in [-0.3, -0.25) is 0 Å². The van der Waals surface area contributed by atoms with Crippen molar-refractivity contribution in [2.24, 2.45) is 0 Å². The monoisotopic (exact) mass is 384 g/mol. The highest BCUT2D eigenvalue weighted by molar-refractivity contribution is 7.13. The topological polar surface area (TPSA) is 24.8 Å². The highest BCUT2D eigenvalue weighted by Gasteiger charge is 2.25. The fraction of sp³-hybridized carbons (Fsp3) is 0. The number of imidazole rings is 1. The van der Waals surface area contributed by atoms with E-state index in [0.717, 1.165) is 32.8 Å². The van der Waals surface area contributed by atoms with Crippen molar-refractivity contribution < 1.29 is 8.79 Å². The summed E-state index contributed by atoms with van der Waals surface area (Å²) in [7, 11) is 0.